The molecule has 1 rings (SSSR count). The van der Waals surface area contributed by atoms with Crippen LogP contribution in [0.3, 0.4) is 0 Å². The molecule has 1 unspecified atom stereocenters. The zero-order valence-electron chi connectivity index (χ0n) is 6.58. The molecule has 0 aromatic carbocycles. The van der Waals surface area contributed by atoms with Crippen molar-refractivity contribution in [2.75, 3.05) is 13.6 Å². The second-order valence-corrected chi connectivity index (χ2v) is 2.42. The van der Waals surface area contributed by atoms with Crippen molar-refractivity contribution in [2.24, 2.45) is 0 Å². The minimum absolute atomic E-state index is 0.475. The van der Waals surface area contributed by atoms with Crippen LogP contribution in [-0.2, 0) is 0 Å². The Hall–Kier alpha value is -0.800. The average Bonchev–Trinajstić information content (AvgIpc) is 2.52. The van der Waals surface area contributed by atoms with E-state index in [0.717, 1.165) is 6.54 Å². The second-order valence-electron chi connectivity index (χ2n) is 2.42. The summed E-state index contributed by atoms with van der Waals surface area (Å²) in [6.07, 6.45) is 1.78. The summed E-state index contributed by atoms with van der Waals surface area (Å²) in [5.41, 5.74) is 0. The molecular formula is C8H13NO2. The average molecular weight is 155 g/mol. The van der Waals surface area contributed by atoms with Gasteiger partial charge in [-0.1, -0.05) is 0 Å². The fourth-order valence-corrected chi connectivity index (χ4v) is 0.904. The number of aliphatic hydroxyl groups is 1. The van der Waals surface area contributed by atoms with E-state index in [1.807, 2.05) is 7.05 Å². The molecule has 0 saturated heterocycles. The Morgan fingerprint density at radius 1 is 1.73 bits per heavy atom. The molecule has 0 aliphatic carbocycles. The first-order valence-corrected chi connectivity index (χ1v) is 3.70. The molecule has 1 aromatic heterocycles. The molecule has 1 aromatic rings. The Morgan fingerprint density at radius 2 is 2.55 bits per heavy atom. The van der Waals surface area contributed by atoms with Gasteiger partial charge in [-0.15, -0.1) is 0 Å². The molecule has 1 heterocycles. The minimum Gasteiger partial charge on any atom is -0.467 e. The molecule has 0 amide bonds. The fourth-order valence-electron chi connectivity index (χ4n) is 0.904. The third-order valence-corrected chi connectivity index (χ3v) is 1.54. The Balaban J connectivity index is 2.36. The molecule has 0 aliphatic heterocycles. The quantitative estimate of drug-likeness (QED) is 0.679. The second kappa shape index (κ2) is 4.16. The van der Waals surface area contributed by atoms with Gasteiger partial charge in [-0.05, 0) is 32.1 Å². The van der Waals surface area contributed by atoms with Gasteiger partial charge in [-0.3, -0.25) is 0 Å². The summed E-state index contributed by atoms with van der Waals surface area (Å²) in [7, 11) is 1.86. The summed E-state index contributed by atoms with van der Waals surface area (Å²) < 4.78 is 5.01. The highest BCUT2D eigenvalue weighted by atomic mass is 16.4. The van der Waals surface area contributed by atoms with Crippen LogP contribution in [0.15, 0.2) is 22.8 Å². The molecular weight excluding hydrogens is 142 g/mol. The summed E-state index contributed by atoms with van der Waals surface area (Å²) >= 11 is 0. The van der Waals surface area contributed by atoms with Gasteiger partial charge in [0, 0.05) is 0 Å². The third kappa shape index (κ3) is 2.37. The lowest BCUT2D eigenvalue weighted by Crippen LogP contribution is -2.11. The molecule has 2 N–H and O–H groups in total. The maximum atomic E-state index is 9.41. The van der Waals surface area contributed by atoms with Crippen LogP contribution in [0, 0.1) is 0 Å². The number of hydrogen-bond acceptors (Lipinski definition) is 3. The largest absolute Gasteiger partial charge is 0.467 e. The zero-order valence-corrected chi connectivity index (χ0v) is 6.58. The molecule has 3 nitrogen and oxygen atoms in total. The SMILES string of the molecule is CNCCC(O)c1ccco1. The topological polar surface area (TPSA) is 45.4 Å². The number of hydrogen-bond donors (Lipinski definition) is 2. The summed E-state index contributed by atoms with van der Waals surface area (Å²) in [5, 5.41) is 12.4. The lowest BCUT2D eigenvalue weighted by atomic mass is 10.2. The van der Waals surface area contributed by atoms with Gasteiger partial charge in [0.2, 0.25) is 0 Å². The number of furan rings is 1. The molecule has 1 atom stereocenters. The monoisotopic (exact) mass is 155 g/mol. The molecule has 0 fully saturated rings. The van der Waals surface area contributed by atoms with E-state index in [-0.39, 0.29) is 0 Å². The van der Waals surface area contributed by atoms with Crippen molar-refractivity contribution in [3.63, 3.8) is 0 Å². The lowest BCUT2D eigenvalue weighted by molar-refractivity contribution is 0.140. The Kier molecular flexibility index (Phi) is 3.14. The number of nitrogens with one attached hydrogen (secondary N) is 1. The zero-order chi connectivity index (χ0) is 8.10. The lowest BCUT2D eigenvalue weighted by Gasteiger charge is -2.05. The van der Waals surface area contributed by atoms with Gasteiger partial charge in [0.05, 0.1) is 6.26 Å². The van der Waals surface area contributed by atoms with E-state index < -0.39 is 6.10 Å². The van der Waals surface area contributed by atoms with Crippen molar-refractivity contribution in [1.29, 1.82) is 0 Å². The smallest absolute Gasteiger partial charge is 0.132 e. The van der Waals surface area contributed by atoms with Gasteiger partial charge in [-0.25, -0.2) is 0 Å². The maximum absolute atomic E-state index is 9.41. The van der Waals surface area contributed by atoms with Gasteiger partial charge in [0.25, 0.3) is 0 Å². The minimum atomic E-state index is -0.475. The van der Waals surface area contributed by atoms with Gasteiger partial charge >= 0.3 is 0 Å². The van der Waals surface area contributed by atoms with Crippen molar-refractivity contribution < 1.29 is 9.52 Å². The van der Waals surface area contributed by atoms with Gasteiger partial charge in [0.1, 0.15) is 11.9 Å². The van der Waals surface area contributed by atoms with Crippen molar-refractivity contribution in [1.82, 2.24) is 5.32 Å². The van der Waals surface area contributed by atoms with Gasteiger partial charge < -0.3 is 14.8 Å². The van der Waals surface area contributed by atoms with Crippen molar-refractivity contribution in [3.8, 4) is 0 Å². The molecule has 62 valence electrons. The van der Waals surface area contributed by atoms with Crippen molar-refractivity contribution in [2.45, 2.75) is 12.5 Å². The summed E-state index contributed by atoms with van der Waals surface area (Å²) in [4.78, 5) is 0. The van der Waals surface area contributed by atoms with Crippen LogP contribution in [0.25, 0.3) is 0 Å². The van der Waals surface area contributed by atoms with E-state index in [1.54, 1.807) is 18.4 Å². The Bertz CT molecular complexity index is 184. The first kappa shape index (κ1) is 8.30. The van der Waals surface area contributed by atoms with E-state index in [4.69, 9.17) is 4.42 Å². The van der Waals surface area contributed by atoms with Crippen LogP contribution in [-0.4, -0.2) is 18.7 Å². The van der Waals surface area contributed by atoms with E-state index >= 15 is 0 Å². The van der Waals surface area contributed by atoms with Crippen LogP contribution < -0.4 is 5.32 Å². The Labute approximate surface area is 66.0 Å². The summed E-state index contributed by atoms with van der Waals surface area (Å²) in [6, 6.07) is 3.55. The molecule has 0 bridgehead atoms. The first-order valence-electron chi connectivity index (χ1n) is 3.70. The molecule has 0 saturated carbocycles. The first-order chi connectivity index (χ1) is 5.34. The highest BCUT2D eigenvalue weighted by molar-refractivity contribution is 5.01. The Morgan fingerprint density at radius 3 is 3.09 bits per heavy atom. The van der Waals surface area contributed by atoms with Crippen molar-refractivity contribution >= 4 is 0 Å². The molecule has 0 radical (unpaired) electrons. The maximum Gasteiger partial charge on any atom is 0.132 e. The van der Waals surface area contributed by atoms with Gasteiger partial charge in [-0.2, -0.15) is 0 Å². The number of aliphatic hydroxyl groups excluding tert-OH is 1. The fraction of sp³-hybridized carbons (Fsp3) is 0.500. The van der Waals surface area contributed by atoms with Crippen molar-refractivity contribution in [3.05, 3.63) is 24.2 Å². The van der Waals surface area contributed by atoms with E-state index in [0.29, 0.717) is 12.2 Å². The summed E-state index contributed by atoms with van der Waals surface area (Å²) in [5.74, 6) is 0.639. The molecule has 3 heteroatoms. The standard InChI is InChI=1S/C8H13NO2/c1-9-5-4-7(10)8-3-2-6-11-8/h2-3,6-7,9-10H,4-5H2,1H3. The molecule has 11 heavy (non-hydrogen) atoms. The normalized spacial score (nSPS) is 13.3. The predicted octanol–water partition coefficient (Wildman–Crippen LogP) is 0.923. The van der Waals surface area contributed by atoms with Crippen LogP contribution in [0.1, 0.15) is 18.3 Å². The third-order valence-electron chi connectivity index (χ3n) is 1.54. The van der Waals surface area contributed by atoms with Crippen LogP contribution in [0.4, 0.5) is 0 Å². The van der Waals surface area contributed by atoms with E-state index in [2.05, 4.69) is 5.32 Å². The van der Waals surface area contributed by atoms with Crippen LogP contribution in [0.2, 0.25) is 0 Å². The summed E-state index contributed by atoms with van der Waals surface area (Å²) in [6.45, 7) is 0.794. The predicted molar refractivity (Wildman–Crippen MR) is 42.2 cm³/mol. The highest BCUT2D eigenvalue weighted by Crippen LogP contribution is 2.15. The molecule has 0 spiro atoms. The highest BCUT2D eigenvalue weighted by Gasteiger charge is 2.08. The van der Waals surface area contributed by atoms with Gasteiger partial charge in [0.15, 0.2) is 0 Å². The van der Waals surface area contributed by atoms with Crippen LogP contribution in [0.5, 0.6) is 0 Å². The van der Waals surface area contributed by atoms with E-state index in [9.17, 15) is 5.11 Å². The van der Waals surface area contributed by atoms with Crippen LogP contribution >= 0.6 is 0 Å². The van der Waals surface area contributed by atoms with E-state index in [1.165, 1.54) is 0 Å². The number of rotatable bonds is 4. The molecule has 0 aliphatic rings.